The minimum absolute atomic E-state index is 0.0611. The van der Waals surface area contributed by atoms with Crippen LogP contribution < -0.4 is 10.6 Å². The van der Waals surface area contributed by atoms with E-state index in [1.54, 1.807) is 4.90 Å². The van der Waals surface area contributed by atoms with Crippen LogP contribution in [0.5, 0.6) is 0 Å². The van der Waals surface area contributed by atoms with E-state index >= 15 is 0 Å². The highest BCUT2D eigenvalue weighted by Crippen LogP contribution is 2.11. The van der Waals surface area contributed by atoms with Gasteiger partial charge in [-0.1, -0.05) is 0 Å². The van der Waals surface area contributed by atoms with Gasteiger partial charge < -0.3 is 20.4 Å². The maximum Gasteiger partial charge on any atom is 0.253 e. The van der Waals surface area contributed by atoms with E-state index in [9.17, 15) is 4.79 Å². The Morgan fingerprint density at radius 2 is 1.74 bits per heavy atom. The van der Waals surface area contributed by atoms with Gasteiger partial charge in [0, 0.05) is 30.9 Å². The number of nitrogens with one attached hydrogen (secondary N) is 2. The van der Waals surface area contributed by atoms with Crippen LogP contribution in [0.3, 0.4) is 0 Å². The van der Waals surface area contributed by atoms with Crippen molar-refractivity contribution in [3.05, 3.63) is 29.8 Å². The van der Waals surface area contributed by atoms with Gasteiger partial charge in [-0.3, -0.25) is 4.79 Å². The summed E-state index contributed by atoms with van der Waals surface area (Å²) < 4.78 is 0. The molecule has 0 bridgehead atoms. The Labute approximate surface area is 145 Å². The number of thiocarbonyl (C=S) groups is 1. The molecule has 0 atom stereocenters. The zero-order valence-corrected chi connectivity index (χ0v) is 15.4. The molecule has 5 nitrogen and oxygen atoms in total. The molecular weight excluding hydrogens is 308 g/mol. The number of benzene rings is 1. The molecule has 0 radical (unpaired) electrons. The van der Waals surface area contributed by atoms with Gasteiger partial charge >= 0.3 is 0 Å². The third-order valence-corrected chi connectivity index (χ3v) is 3.75. The Morgan fingerprint density at radius 3 is 2.26 bits per heavy atom. The lowest BCUT2D eigenvalue weighted by molar-refractivity contribution is 0.0773. The number of carbonyl (C=O) groups is 1. The van der Waals surface area contributed by atoms with E-state index in [4.69, 9.17) is 12.2 Å². The lowest BCUT2D eigenvalue weighted by atomic mass is 10.2. The van der Waals surface area contributed by atoms with Gasteiger partial charge in [-0.2, -0.15) is 0 Å². The van der Waals surface area contributed by atoms with E-state index in [-0.39, 0.29) is 5.91 Å². The monoisotopic (exact) mass is 336 g/mol. The van der Waals surface area contributed by atoms with Gasteiger partial charge in [0.2, 0.25) is 0 Å². The van der Waals surface area contributed by atoms with Gasteiger partial charge in [0.1, 0.15) is 0 Å². The molecule has 0 aliphatic carbocycles. The van der Waals surface area contributed by atoms with Crippen molar-refractivity contribution in [3.63, 3.8) is 0 Å². The first kappa shape index (κ1) is 19.4. The van der Waals surface area contributed by atoms with E-state index in [0.717, 1.165) is 38.3 Å². The van der Waals surface area contributed by atoms with Crippen molar-refractivity contribution in [1.29, 1.82) is 0 Å². The zero-order chi connectivity index (χ0) is 17.2. The molecule has 0 unspecified atom stereocenters. The average Bonchev–Trinajstić information content (AvgIpc) is 2.53. The summed E-state index contributed by atoms with van der Waals surface area (Å²) in [7, 11) is 4.11. The van der Waals surface area contributed by atoms with Crippen molar-refractivity contribution < 1.29 is 4.79 Å². The summed E-state index contributed by atoms with van der Waals surface area (Å²) in [5, 5.41) is 6.92. The smallest absolute Gasteiger partial charge is 0.253 e. The van der Waals surface area contributed by atoms with Crippen LogP contribution in [-0.4, -0.2) is 61.1 Å². The Hall–Kier alpha value is -1.66. The fourth-order valence-corrected chi connectivity index (χ4v) is 2.38. The summed E-state index contributed by atoms with van der Waals surface area (Å²) in [6, 6.07) is 7.42. The summed E-state index contributed by atoms with van der Waals surface area (Å²) >= 11 is 5.27. The van der Waals surface area contributed by atoms with Crippen LogP contribution >= 0.6 is 12.2 Å². The third kappa shape index (κ3) is 6.97. The molecule has 0 heterocycles. The van der Waals surface area contributed by atoms with Crippen LogP contribution in [0.15, 0.2) is 24.3 Å². The van der Waals surface area contributed by atoms with E-state index < -0.39 is 0 Å². The molecule has 0 spiro atoms. The van der Waals surface area contributed by atoms with Gasteiger partial charge in [-0.05, 0) is 77.4 Å². The second-order valence-corrected chi connectivity index (χ2v) is 6.00. The number of carbonyl (C=O) groups excluding carboxylic acids is 1. The van der Waals surface area contributed by atoms with Gasteiger partial charge in [-0.25, -0.2) is 0 Å². The number of anilines is 1. The van der Waals surface area contributed by atoms with Crippen molar-refractivity contribution in [2.45, 2.75) is 20.3 Å². The molecule has 1 aromatic rings. The SMILES string of the molecule is CCN(CC)C(=O)c1ccc(NC(=S)NCCCN(C)C)cc1. The largest absolute Gasteiger partial charge is 0.362 e. The topological polar surface area (TPSA) is 47.6 Å². The Bertz CT molecular complexity index is 498. The normalized spacial score (nSPS) is 10.5. The minimum atomic E-state index is 0.0611. The highest BCUT2D eigenvalue weighted by molar-refractivity contribution is 7.80. The number of hydrogen-bond acceptors (Lipinski definition) is 3. The van der Waals surface area contributed by atoms with Crippen LogP contribution in [0.25, 0.3) is 0 Å². The molecule has 0 aliphatic heterocycles. The van der Waals surface area contributed by atoms with Gasteiger partial charge in [0.05, 0.1) is 0 Å². The second kappa shape index (κ2) is 10.2. The highest BCUT2D eigenvalue weighted by Gasteiger charge is 2.11. The van der Waals surface area contributed by atoms with Crippen molar-refractivity contribution in [2.24, 2.45) is 0 Å². The molecule has 0 aliphatic rings. The first-order valence-electron chi connectivity index (χ1n) is 8.06. The van der Waals surface area contributed by atoms with E-state index in [0.29, 0.717) is 10.7 Å². The Morgan fingerprint density at radius 1 is 1.13 bits per heavy atom. The summed E-state index contributed by atoms with van der Waals surface area (Å²) in [4.78, 5) is 16.2. The molecule has 1 aromatic carbocycles. The standard InChI is InChI=1S/C17H28N4OS/c1-5-21(6-2)16(22)14-8-10-15(11-9-14)19-17(23)18-12-7-13-20(3)4/h8-11H,5-7,12-13H2,1-4H3,(H2,18,19,23). The molecule has 6 heteroatoms. The fourth-order valence-electron chi connectivity index (χ4n) is 2.16. The van der Waals surface area contributed by atoms with Crippen LogP contribution in [0, 0.1) is 0 Å². The summed E-state index contributed by atoms with van der Waals surface area (Å²) in [5.74, 6) is 0.0611. The molecular formula is C17H28N4OS. The molecule has 0 saturated heterocycles. The van der Waals surface area contributed by atoms with Gasteiger partial charge in [-0.15, -0.1) is 0 Å². The lowest BCUT2D eigenvalue weighted by Gasteiger charge is -2.18. The van der Waals surface area contributed by atoms with E-state index in [1.165, 1.54) is 0 Å². The van der Waals surface area contributed by atoms with Crippen molar-refractivity contribution in [3.8, 4) is 0 Å². The van der Waals surface area contributed by atoms with Crippen molar-refractivity contribution in [1.82, 2.24) is 15.1 Å². The molecule has 1 amide bonds. The predicted molar refractivity (Wildman–Crippen MR) is 101 cm³/mol. The van der Waals surface area contributed by atoms with Crippen LogP contribution in [0.1, 0.15) is 30.6 Å². The lowest BCUT2D eigenvalue weighted by Crippen LogP contribution is -2.31. The zero-order valence-electron chi connectivity index (χ0n) is 14.6. The minimum Gasteiger partial charge on any atom is -0.362 e. The van der Waals surface area contributed by atoms with Gasteiger partial charge in [0.25, 0.3) is 5.91 Å². The Kier molecular flexibility index (Phi) is 8.58. The number of amides is 1. The predicted octanol–water partition coefficient (Wildman–Crippen LogP) is 2.41. The first-order chi connectivity index (χ1) is 11.0. The molecule has 0 saturated carbocycles. The van der Waals surface area contributed by atoms with E-state index in [2.05, 4.69) is 29.6 Å². The Balaban J connectivity index is 2.47. The number of rotatable bonds is 8. The molecule has 0 fully saturated rings. The molecule has 23 heavy (non-hydrogen) atoms. The molecule has 1 rings (SSSR count). The molecule has 0 aromatic heterocycles. The van der Waals surface area contributed by atoms with Crippen LogP contribution in [0.2, 0.25) is 0 Å². The van der Waals surface area contributed by atoms with Crippen LogP contribution in [-0.2, 0) is 0 Å². The van der Waals surface area contributed by atoms with Crippen LogP contribution in [0.4, 0.5) is 5.69 Å². The summed E-state index contributed by atoms with van der Waals surface area (Å²) in [5.41, 5.74) is 1.58. The van der Waals surface area contributed by atoms with Gasteiger partial charge in [0.15, 0.2) is 5.11 Å². The molecule has 128 valence electrons. The summed E-state index contributed by atoms with van der Waals surface area (Å²) in [6.45, 7) is 7.27. The molecule has 2 N–H and O–H groups in total. The maximum absolute atomic E-state index is 12.2. The quantitative estimate of drug-likeness (QED) is 0.564. The highest BCUT2D eigenvalue weighted by atomic mass is 32.1. The third-order valence-electron chi connectivity index (χ3n) is 3.51. The average molecular weight is 337 g/mol. The number of hydrogen-bond donors (Lipinski definition) is 2. The van der Waals surface area contributed by atoms with Crippen molar-refractivity contribution in [2.75, 3.05) is 45.6 Å². The fraction of sp³-hybridized carbons (Fsp3) is 0.529. The number of nitrogens with zero attached hydrogens (tertiary/aromatic N) is 2. The van der Waals surface area contributed by atoms with E-state index in [1.807, 2.05) is 38.1 Å². The van der Waals surface area contributed by atoms with Crippen molar-refractivity contribution >= 4 is 28.9 Å². The maximum atomic E-state index is 12.2. The first-order valence-corrected chi connectivity index (χ1v) is 8.47. The summed E-state index contributed by atoms with van der Waals surface area (Å²) in [6.07, 6.45) is 1.03. The second-order valence-electron chi connectivity index (χ2n) is 5.59.